The molecular formula is C13H16O2S. The van der Waals surface area contributed by atoms with Gasteiger partial charge in [0.2, 0.25) is 0 Å². The Balaban J connectivity index is 1.78. The Labute approximate surface area is 100 Å². The molecule has 1 saturated carbocycles. The molecule has 0 radical (unpaired) electrons. The Morgan fingerprint density at radius 1 is 1.50 bits per heavy atom. The Bertz CT molecular complexity index is 372. The molecule has 0 aliphatic heterocycles. The quantitative estimate of drug-likeness (QED) is 0.328. The van der Waals surface area contributed by atoms with Crippen molar-refractivity contribution in [3.8, 4) is 0 Å². The molecule has 1 fully saturated rings. The zero-order valence-electron chi connectivity index (χ0n) is 9.44. The predicted octanol–water partition coefficient (Wildman–Crippen LogP) is 3.37. The number of carbonyl (C=O) groups is 1. The molecule has 0 aromatic heterocycles. The van der Waals surface area contributed by atoms with Gasteiger partial charge in [0.15, 0.2) is 5.78 Å². The summed E-state index contributed by atoms with van der Waals surface area (Å²) in [6.45, 7) is 2.48. The minimum Gasteiger partial charge on any atom is -0.370 e. The maximum atomic E-state index is 11.2. The summed E-state index contributed by atoms with van der Waals surface area (Å²) >= 11 is 1.65. The predicted molar refractivity (Wildman–Crippen MR) is 65.8 cm³/mol. The molecule has 1 aliphatic rings. The Morgan fingerprint density at radius 2 is 2.31 bits per heavy atom. The second kappa shape index (κ2) is 5.51. The van der Waals surface area contributed by atoms with Gasteiger partial charge in [-0.2, -0.15) is 0 Å². The average Bonchev–Trinajstić information content (AvgIpc) is 3.09. The van der Waals surface area contributed by atoms with Crippen LogP contribution in [0.15, 0.2) is 29.2 Å². The molecule has 1 aliphatic carbocycles. The Hall–Kier alpha value is -0.800. The monoisotopic (exact) mass is 236 g/mol. The SMILES string of the molecule is CC(=O)c1cccc(SCOCC2CC2)c1. The molecule has 0 heterocycles. The highest BCUT2D eigenvalue weighted by atomic mass is 32.2. The van der Waals surface area contributed by atoms with Crippen LogP contribution >= 0.6 is 11.8 Å². The van der Waals surface area contributed by atoms with Crippen LogP contribution in [-0.2, 0) is 4.74 Å². The molecule has 0 saturated heterocycles. The van der Waals surface area contributed by atoms with Gasteiger partial charge >= 0.3 is 0 Å². The minimum atomic E-state index is 0.112. The van der Waals surface area contributed by atoms with E-state index in [-0.39, 0.29) is 5.78 Å². The van der Waals surface area contributed by atoms with E-state index in [1.54, 1.807) is 18.7 Å². The van der Waals surface area contributed by atoms with Gasteiger partial charge in [-0.3, -0.25) is 4.79 Å². The summed E-state index contributed by atoms with van der Waals surface area (Å²) in [5, 5.41) is 0. The highest BCUT2D eigenvalue weighted by Gasteiger charge is 2.20. The van der Waals surface area contributed by atoms with Gasteiger partial charge in [0, 0.05) is 10.5 Å². The van der Waals surface area contributed by atoms with Crippen molar-refractivity contribution in [1.29, 1.82) is 0 Å². The van der Waals surface area contributed by atoms with Gasteiger partial charge in [0.05, 0.1) is 12.5 Å². The van der Waals surface area contributed by atoms with E-state index in [4.69, 9.17) is 4.74 Å². The number of rotatable bonds is 6. The summed E-state index contributed by atoms with van der Waals surface area (Å²) in [5.74, 6) is 1.60. The lowest BCUT2D eigenvalue weighted by atomic mass is 10.2. The fourth-order valence-corrected chi connectivity index (χ4v) is 2.11. The van der Waals surface area contributed by atoms with Gasteiger partial charge in [0.1, 0.15) is 0 Å². The van der Waals surface area contributed by atoms with E-state index in [1.165, 1.54) is 12.8 Å². The van der Waals surface area contributed by atoms with Crippen LogP contribution in [-0.4, -0.2) is 18.3 Å². The van der Waals surface area contributed by atoms with Crippen molar-refractivity contribution in [2.45, 2.75) is 24.7 Å². The van der Waals surface area contributed by atoms with Gasteiger partial charge in [-0.1, -0.05) is 23.9 Å². The number of hydrogen-bond acceptors (Lipinski definition) is 3. The molecule has 0 amide bonds. The van der Waals surface area contributed by atoms with Crippen molar-refractivity contribution in [3.05, 3.63) is 29.8 Å². The van der Waals surface area contributed by atoms with Crippen LogP contribution < -0.4 is 0 Å². The van der Waals surface area contributed by atoms with Crippen molar-refractivity contribution < 1.29 is 9.53 Å². The number of ketones is 1. The molecule has 0 bridgehead atoms. The normalized spacial score (nSPS) is 15.1. The molecule has 2 rings (SSSR count). The van der Waals surface area contributed by atoms with Crippen LogP contribution in [0, 0.1) is 5.92 Å². The lowest BCUT2D eigenvalue weighted by Crippen LogP contribution is -1.95. The molecule has 3 heteroatoms. The Morgan fingerprint density at radius 3 is 3.00 bits per heavy atom. The summed E-state index contributed by atoms with van der Waals surface area (Å²) in [4.78, 5) is 12.3. The molecule has 0 atom stereocenters. The maximum Gasteiger partial charge on any atom is 0.159 e. The van der Waals surface area contributed by atoms with E-state index < -0.39 is 0 Å². The molecule has 1 aromatic carbocycles. The summed E-state index contributed by atoms with van der Waals surface area (Å²) in [6, 6.07) is 7.70. The molecule has 2 nitrogen and oxygen atoms in total. The van der Waals surface area contributed by atoms with Crippen molar-refractivity contribution in [3.63, 3.8) is 0 Å². The first-order valence-electron chi connectivity index (χ1n) is 5.57. The van der Waals surface area contributed by atoms with Crippen LogP contribution in [0.2, 0.25) is 0 Å². The van der Waals surface area contributed by atoms with E-state index in [0.29, 0.717) is 5.94 Å². The largest absolute Gasteiger partial charge is 0.370 e. The van der Waals surface area contributed by atoms with E-state index in [1.807, 2.05) is 24.3 Å². The van der Waals surface area contributed by atoms with Crippen molar-refractivity contribution in [2.24, 2.45) is 5.92 Å². The number of thioether (sulfide) groups is 1. The number of hydrogen-bond donors (Lipinski definition) is 0. The maximum absolute atomic E-state index is 11.2. The number of carbonyl (C=O) groups excluding carboxylic acids is 1. The molecule has 86 valence electrons. The van der Waals surface area contributed by atoms with E-state index >= 15 is 0 Å². The van der Waals surface area contributed by atoms with Crippen LogP contribution in [0.1, 0.15) is 30.1 Å². The smallest absolute Gasteiger partial charge is 0.159 e. The molecule has 0 N–H and O–H groups in total. The highest BCUT2D eigenvalue weighted by molar-refractivity contribution is 7.99. The second-order valence-electron chi connectivity index (χ2n) is 4.16. The number of ether oxygens (including phenoxy) is 1. The zero-order chi connectivity index (χ0) is 11.4. The molecule has 1 aromatic rings. The minimum absolute atomic E-state index is 0.112. The first-order valence-corrected chi connectivity index (χ1v) is 6.56. The third-order valence-corrected chi connectivity index (χ3v) is 3.47. The van der Waals surface area contributed by atoms with Gasteiger partial charge < -0.3 is 4.74 Å². The van der Waals surface area contributed by atoms with E-state index in [0.717, 1.165) is 23.0 Å². The number of benzene rings is 1. The van der Waals surface area contributed by atoms with Crippen molar-refractivity contribution in [1.82, 2.24) is 0 Å². The number of Topliss-reactive ketones (excluding diaryl/α,β-unsaturated/α-hetero) is 1. The topological polar surface area (TPSA) is 26.3 Å². The highest BCUT2D eigenvalue weighted by Crippen LogP contribution is 2.29. The van der Waals surface area contributed by atoms with E-state index in [2.05, 4.69) is 0 Å². The molecule has 0 unspecified atom stereocenters. The standard InChI is InChI=1S/C13H16O2S/c1-10(14)12-3-2-4-13(7-12)16-9-15-8-11-5-6-11/h2-4,7,11H,5-6,8-9H2,1H3. The first-order chi connectivity index (χ1) is 7.75. The summed E-state index contributed by atoms with van der Waals surface area (Å²) in [5.41, 5.74) is 0.771. The second-order valence-corrected chi connectivity index (χ2v) is 5.16. The van der Waals surface area contributed by atoms with Crippen molar-refractivity contribution in [2.75, 3.05) is 12.5 Å². The molecular weight excluding hydrogens is 220 g/mol. The first kappa shape index (κ1) is 11.7. The zero-order valence-corrected chi connectivity index (χ0v) is 10.3. The lowest BCUT2D eigenvalue weighted by molar-refractivity contribution is 0.101. The third-order valence-electron chi connectivity index (χ3n) is 2.60. The average molecular weight is 236 g/mol. The fraction of sp³-hybridized carbons (Fsp3) is 0.462. The Kier molecular flexibility index (Phi) is 4.02. The van der Waals surface area contributed by atoms with E-state index in [9.17, 15) is 4.79 Å². The van der Waals surface area contributed by atoms with Gasteiger partial charge in [-0.05, 0) is 37.8 Å². The van der Waals surface area contributed by atoms with Crippen LogP contribution in [0.3, 0.4) is 0 Å². The van der Waals surface area contributed by atoms with Crippen LogP contribution in [0.5, 0.6) is 0 Å². The molecule has 0 spiro atoms. The summed E-state index contributed by atoms with van der Waals surface area (Å²) in [6.07, 6.45) is 2.65. The summed E-state index contributed by atoms with van der Waals surface area (Å²) < 4.78 is 5.54. The van der Waals surface area contributed by atoms with Gasteiger partial charge in [-0.25, -0.2) is 0 Å². The lowest BCUT2D eigenvalue weighted by Gasteiger charge is -2.04. The van der Waals surface area contributed by atoms with Gasteiger partial charge in [0.25, 0.3) is 0 Å². The molecule has 16 heavy (non-hydrogen) atoms. The fourth-order valence-electron chi connectivity index (χ4n) is 1.41. The van der Waals surface area contributed by atoms with Gasteiger partial charge in [-0.15, -0.1) is 0 Å². The van der Waals surface area contributed by atoms with Crippen LogP contribution in [0.25, 0.3) is 0 Å². The van der Waals surface area contributed by atoms with Crippen molar-refractivity contribution >= 4 is 17.5 Å². The summed E-state index contributed by atoms with van der Waals surface area (Å²) in [7, 11) is 0. The third kappa shape index (κ3) is 3.65. The van der Waals surface area contributed by atoms with Crippen LogP contribution in [0.4, 0.5) is 0 Å².